The number of amides is 1. The van der Waals surface area contributed by atoms with Gasteiger partial charge in [0.05, 0.1) is 30.6 Å². The quantitative estimate of drug-likeness (QED) is 0.685. The first-order chi connectivity index (χ1) is 15.2. The number of ether oxygens (including phenoxy) is 4. The van der Waals surface area contributed by atoms with E-state index in [4.69, 9.17) is 18.9 Å². The van der Waals surface area contributed by atoms with Gasteiger partial charge >= 0.3 is 6.09 Å². The second-order valence-corrected chi connectivity index (χ2v) is 8.78. The van der Waals surface area contributed by atoms with Crippen LogP contribution in [0.15, 0.2) is 65.6 Å². The molecule has 2 fully saturated rings. The van der Waals surface area contributed by atoms with Crippen molar-refractivity contribution in [2.45, 2.75) is 34.7 Å². The van der Waals surface area contributed by atoms with Gasteiger partial charge in [0.1, 0.15) is 12.7 Å². The van der Waals surface area contributed by atoms with Gasteiger partial charge in [0.2, 0.25) is 0 Å². The Hall–Kier alpha value is -2.10. The average Bonchev–Trinajstić information content (AvgIpc) is 2.82. The van der Waals surface area contributed by atoms with Crippen LogP contribution in [0.4, 0.5) is 4.79 Å². The first-order valence-corrected chi connectivity index (χ1v) is 11.2. The second-order valence-electron chi connectivity index (χ2n) is 7.46. The SMILES string of the molecule is COCCOC(=O)N1C[C@H](Sc2ccccc2)[C@@H](O)[C@@H]2O[C@H](c3ccccc3)OCC21. The van der Waals surface area contributed by atoms with Gasteiger partial charge in [0.25, 0.3) is 0 Å². The lowest BCUT2D eigenvalue weighted by Gasteiger charge is -2.49. The molecule has 7 nitrogen and oxygen atoms in total. The molecule has 2 aliphatic heterocycles. The van der Waals surface area contributed by atoms with Crippen LogP contribution in [-0.2, 0) is 18.9 Å². The van der Waals surface area contributed by atoms with Gasteiger partial charge in [-0.2, -0.15) is 0 Å². The number of nitrogens with zero attached hydrogens (tertiary/aromatic N) is 1. The molecule has 0 saturated carbocycles. The normalized spacial score (nSPS) is 28.1. The van der Waals surface area contributed by atoms with Crippen molar-refractivity contribution in [2.75, 3.05) is 33.5 Å². The van der Waals surface area contributed by atoms with Crippen LogP contribution in [0.2, 0.25) is 0 Å². The molecule has 0 aliphatic carbocycles. The third-order valence-electron chi connectivity index (χ3n) is 5.42. The Labute approximate surface area is 186 Å². The molecule has 2 saturated heterocycles. The summed E-state index contributed by atoms with van der Waals surface area (Å²) in [5.41, 5.74) is 0.875. The van der Waals surface area contributed by atoms with Crippen LogP contribution in [-0.4, -0.2) is 73.1 Å². The largest absolute Gasteiger partial charge is 0.447 e. The van der Waals surface area contributed by atoms with E-state index in [0.717, 1.165) is 10.5 Å². The fourth-order valence-electron chi connectivity index (χ4n) is 3.85. The van der Waals surface area contributed by atoms with Crippen LogP contribution < -0.4 is 0 Å². The monoisotopic (exact) mass is 445 g/mol. The smallest absolute Gasteiger partial charge is 0.410 e. The Morgan fingerprint density at radius 3 is 2.55 bits per heavy atom. The summed E-state index contributed by atoms with van der Waals surface area (Å²) in [4.78, 5) is 15.5. The molecule has 2 aromatic rings. The summed E-state index contributed by atoms with van der Waals surface area (Å²) in [5, 5.41) is 10.9. The highest BCUT2D eigenvalue weighted by atomic mass is 32.2. The molecule has 5 atom stereocenters. The number of hydrogen-bond donors (Lipinski definition) is 1. The molecule has 8 heteroatoms. The summed E-state index contributed by atoms with van der Waals surface area (Å²) < 4.78 is 22.5. The number of piperidine rings is 1. The van der Waals surface area contributed by atoms with E-state index in [-0.39, 0.29) is 18.5 Å². The van der Waals surface area contributed by atoms with Crippen molar-refractivity contribution in [1.29, 1.82) is 0 Å². The highest BCUT2D eigenvalue weighted by Gasteiger charge is 2.50. The van der Waals surface area contributed by atoms with Crippen molar-refractivity contribution in [1.82, 2.24) is 4.90 Å². The molecule has 0 radical (unpaired) electrons. The van der Waals surface area contributed by atoms with Crippen LogP contribution in [0, 0.1) is 0 Å². The highest BCUT2D eigenvalue weighted by molar-refractivity contribution is 8.00. The predicted octanol–water partition coefficient (Wildman–Crippen LogP) is 3.09. The lowest BCUT2D eigenvalue weighted by Crippen LogP contribution is -2.66. The van der Waals surface area contributed by atoms with Crippen molar-refractivity contribution in [3.05, 3.63) is 66.2 Å². The number of benzene rings is 2. The number of likely N-dealkylation sites (tertiary alicyclic amines) is 1. The van der Waals surface area contributed by atoms with Gasteiger partial charge in [-0.25, -0.2) is 4.79 Å². The zero-order valence-corrected chi connectivity index (χ0v) is 18.1. The van der Waals surface area contributed by atoms with Crippen molar-refractivity contribution >= 4 is 17.9 Å². The van der Waals surface area contributed by atoms with Gasteiger partial charge in [-0.1, -0.05) is 48.5 Å². The van der Waals surface area contributed by atoms with Gasteiger partial charge in [-0.3, -0.25) is 4.90 Å². The predicted molar refractivity (Wildman–Crippen MR) is 116 cm³/mol. The second kappa shape index (κ2) is 10.5. The molecule has 4 rings (SSSR count). The molecule has 0 aromatic heterocycles. The minimum Gasteiger partial charge on any atom is -0.447 e. The standard InChI is InChI=1S/C23H27NO6S/c1-27-12-13-28-23(26)24-14-19(31-17-10-6-3-7-11-17)20(25)21-18(24)15-29-22(30-21)16-8-4-2-5-9-16/h2-11,18-22,25H,12-15H2,1H3/t18?,19-,20+,21+,22+/m0/s1. The summed E-state index contributed by atoms with van der Waals surface area (Å²) in [5.74, 6) is 0. The van der Waals surface area contributed by atoms with E-state index >= 15 is 0 Å². The van der Waals surface area contributed by atoms with Gasteiger partial charge in [-0.15, -0.1) is 11.8 Å². The zero-order chi connectivity index (χ0) is 21.6. The number of carbonyl (C=O) groups is 1. The molecule has 2 aliphatic rings. The van der Waals surface area contributed by atoms with Gasteiger partial charge in [0.15, 0.2) is 6.29 Å². The van der Waals surface area contributed by atoms with E-state index in [1.54, 1.807) is 12.0 Å². The average molecular weight is 446 g/mol. The number of rotatable bonds is 6. The summed E-state index contributed by atoms with van der Waals surface area (Å²) in [6.45, 7) is 1.07. The van der Waals surface area contributed by atoms with Gasteiger partial charge < -0.3 is 24.1 Å². The van der Waals surface area contributed by atoms with Crippen LogP contribution in [0.25, 0.3) is 0 Å². The van der Waals surface area contributed by atoms with E-state index in [2.05, 4.69) is 0 Å². The number of hydrogen-bond acceptors (Lipinski definition) is 7. The number of thioether (sulfide) groups is 1. The molecule has 0 spiro atoms. The molecule has 1 amide bonds. The van der Waals surface area contributed by atoms with Gasteiger partial charge in [-0.05, 0) is 12.1 Å². The summed E-state index contributed by atoms with van der Waals surface area (Å²) in [6, 6.07) is 19.0. The van der Waals surface area contributed by atoms with Crippen molar-refractivity contribution in [3.8, 4) is 0 Å². The van der Waals surface area contributed by atoms with Gasteiger partial charge in [0, 0.05) is 24.1 Å². The molecular formula is C23H27NO6S. The fraction of sp³-hybridized carbons (Fsp3) is 0.435. The summed E-state index contributed by atoms with van der Waals surface area (Å²) >= 11 is 1.53. The van der Waals surface area contributed by atoms with Crippen molar-refractivity contribution in [2.24, 2.45) is 0 Å². The molecule has 1 N–H and O–H groups in total. The maximum Gasteiger partial charge on any atom is 0.410 e. The third-order valence-corrected chi connectivity index (χ3v) is 6.70. The molecule has 1 unspecified atom stereocenters. The van der Waals surface area contributed by atoms with Crippen molar-refractivity contribution < 1.29 is 28.8 Å². The number of aliphatic hydroxyl groups excluding tert-OH is 1. The number of methoxy groups -OCH3 is 1. The van der Waals surface area contributed by atoms with Crippen LogP contribution in [0.3, 0.4) is 0 Å². The van der Waals surface area contributed by atoms with Crippen LogP contribution in [0.5, 0.6) is 0 Å². The lowest BCUT2D eigenvalue weighted by atomic mass is 9.95. The topological polar surface area (TPSA) is 77.5 Å². The molecule has 166 valence electrons. The molecule has 0 bridgehead atoms. The minimum atomic E-state index is -0.770. The lowest BCUT2D eigenvalue weighted by molar-refractivity contribution is -0.269. The Bertz CT molecular complexity index is 838. The molecule has 2 heterocycles. The van der Waals surface area contributed by atoms with Crippen LogP contribution in [0.1, 0.15) is 11.9 Å². The minimum absolute atomic E-state index is 0.163. The van der Waals surface area contributed by atoms with Crippen molar-refractivity contribution in [3.63, 3.8) is 0 Å². The Kier molecular flexibility index (Phi) is 7.47. The molecule has 2 aromatic carbocycles. The Balaban J connectivity index is 1.54. The highest BCUT2D eigenvalue weighted by Crippen LogP contribution is 2.38. The molecular weight excluding hydrogens is 418 g/mol. The Morgan fingerprint density at radius 1 is 1.13 bits per heavy atom. The van der Waals surface area contributed by atoms with E-state index in [1.807, 2.05) is 60.7 Å². The number of aliphatic hydroxyl groups is 1. The van der Waals surface area contributed by atoms with E-state index in [9.17, 15) is 9.90 Å². The fourth-order valence-corrected chi connectivity index (χ4v) is 5.04. The van der Waals surface area contributed by atoms with E-state index in [0.29, 0.717) is 13.2 Å². The number of carbonyl (C=O) groups excluding carboxylic acids is 1. The first kappa shape index (κ1) is 22.1. The number of fused-ring (bicyclic) bond motifs is 1. The summed E-state index contributed by atoms with van der Waals surface area (Å²) in [7, 11) is 1.56. The summed E-state index contributed by atoms with van der Waals surface area (Å²) in [6.07, 6.45) is -2.41. The van der Waals surface area contributed by atoms with Crippen LogP contribution >= 0.6 is 11.8 Å². The molecule has 31 heavy (non-hydrogen) atoms. The Morgan fingerprint density at radius 2 is 1.84 bits per heavy atom. The first-order valence-electron chi connectivity index (χ1n) is 10.3. The van der Waals surface area contributed by atoms with E-state index < -0.39 is 30.6 Å². The maximum atomic E-state index is 12.8. The third kappa shape index (κ3) is 5.22. The maximum absolute atomic E-state index is 12.8. The zero-order valence-electron chi connectivity index (χ0n) is 17.3. The van der Waals surface area contributed by atoms with E-state index in [1.165, 1.54) is 11.8 Å².